The van der Waals surface area contributed by atoms with Crippen molar-refractivity contribution in [2.24, 2.45) is 0 Å². The molecule has 2 rings (SSSR count). The van der Waals surface area contributed by atoms with E-state index in [0.717, 1.165) is 5.56 Å². The lowest BCUT2D eigenvalue weighted by atomic mass is 10.1. The predicted octanol–water partition coefficient (Wildman–Crippen LogP) is 3.38. The number of rotatable bonds is 4. The summed E-state index contributed by atoms with van der Waals surface area (Å²) < 4.78 is 13.4. The molecule has 18 heavy (non-hydrogen) atoms. The zero-order valence-corrected chi connectivity index (χ0v) is 10.2. The summed E-state index contributed by atoms with van der Waals surface area (Å²) in [5.74, 6) is 0.0418. The van der Waals surface area contributed by atoms with Crippen LogP contribution in [0.3, 0.4) is 0 Å². The number of hydrogen-bond donors (Lipinski definition) is 2. The van der Waals surface area contributed by atoms with E-state index < -0.39 is 0 Å². The number of benzene rings is 2. The van der Waals surface area contributed by atoms with Crippen LogP contribution in [0.2, 0.25) is 0 Å². The van der Waals surface area contributed by atoms with Gasteiger partial charge in [-0.2, -0.15) is 0 Å². The van der Waals surface area contributed by atoms with Crippen molar-refractivity contribution >= 4 is 0 Å². The maximum atomic E-state index is 13.4. The van der Waals surface area contributed by atoms with E-state index >= 15 is 0 Å². The Morgan fingerprint density at radius 3 is 2.67 bits per heavy atom. The molecule has 0 amide bonds. The highest BCUT2D eigenvalue weighted by molar-refractivity contribution is 5.29. The van der Waals surface area contributed by atoms with Crippen molar-refractivity contribution in [3.05, 3.63) is 65.5 Å². The first-order valence-electron chi connectivity index (χ1n) is 5.92. The van der Waals surface area contributed by atoms with E-state index in [0.29, 0.717) is 12.1 Å². The molecule has 0 bridgehead atoms. The first-order chi connectivity index (χ1) is 8.66. The molecule has 0 spiro atoms. The molecular weight excluding hydrogens is 229 g/mol. The average Bonchev–Trinajstić information content (AvgIpc) is 2.37. The van der Waals surface area contributed by atoms with E-state index in [4.69, 9.17) is 0 Å². The number of phenolic OH excluding ortho intramolecular Hbond substituents is 1. The van der Waals surface area contributed by atoms with Crippen molar-refractivity contribution in [2.75, 3.05) is 0 Å². The second-order valence-corrected chi connectivity index (χ2v) is 4.29. The molecule has 0 aromatic heterocycles. The van der Waals surface area contributed by atoms with Gasteiger partial charge >= 0.3 is 0 Å². The maximum Gasteiger partial charge on any atom is 0.127 e. The van der Waals surface area contributed by atoms with Crippen LogP contribution in [-0.4, -0.2) is 5.11 Å². The van der Waals surface area contributed by atoms with Gasteiger partial charge in [0, 0.05) is 18.2 Å². The van der Waals surface area contributed by atoms with Crippen LogP contribution in [0.5, 0.6) is 5.75 Å². The molecule has 2 aromatic rings. The summed E-state index contributed by atoms with van der Waals surface area (Å²) in [7, 11) is 0. The molecule has 1 atom stereocenters. The third-order valence-corrected chi connectivity index (χ3v) is 2.93. The lowest BCUT2D eigenvalue weighted by Crippen LogP contribution is -2.18. The SMILES string of the molecule is CC(NCc1ccccc1F)c1cccc(O)c1. The summed E-state index contributed by atoms with van der Waals surface area (Å²) in [6.07, 6.45) is 0. The molecule has 0 aliphatic carbocycles. The Bertz CT molecular complexity index is 527. The highest BCUT2D eigenvalue weighted by Crippen LogP contribution is 2.18. The molecule has 0 heterocycles. The van der Waals surface area contributed by atoms with Gasteiger partial charge in [-0.1, -0.05) is 30.3 Å². The monoisotopic (exact) mass is 245 g/mol. The lowest BCUT2D eigenvalue weighted by Gasteiger charge is -2.14. The van der Waals surface area contributed by atoms with Crippen molar-refractivity contribution in [3.8, 4) is 5.75 Å². The second kappa shape index (κ2) is 5.65. The predicted molar refractivity (Wildman–Crippen MR) is 69.8 cm³/mol. The molecule has 2 nitrogen and oxygen atoms in total. The summed E-state index contributed by atoms with van der Waals surface area (Å²) in [4.78, 5) is 0. The Morgan fingerprint density at radius 1 is 1.17 bits per heavy atom. The quantitative estimate of drug-likeness (QED) is 0.865. The Labute approximate surface area is 106 Å². The van der Waals surface area contributed by atoms with Crippen LogP contribution in [-0.2, 0) is 6.54 Å². The van der Waals surface area contributed by atoms with Crippen LogP contribution in [0.1, 0.15) is 24.1 Å². The van der Waals surface area contributed by atoms with Crippen LogP contribution in [0.25, 0.3) is 0 Å². The van der Waals surface area contributed by atoms with E-state index in [9.17, 15) is 9.50 Å². The molecule has 0 saturated heterocycles. The smallest absolute Gasteiger partial charge is 0.127 e. The molecule has 2 N–H and O–H groups in total. The average molecular weight is 245 g/mol. The zero-order valence-electron chi connectivity index (χ0n) is 10.2. The number of phenols is 1. The molecular formula is C15H16FNO. The lowest BCUT2D eigenvalue weighted by molar-refractivity contribution is 0.471. The summed E-state index contributed by atoms with van der Waals surface area (Å²) in [6, 6.07) is 13.8. The van der Waals surface area contributed by atoms with Crippen LogP contribution in [0, 0.1) is 5.82 Å². The van der Waals surface area contributed by atoms with E-state index in [1.165, 1.54) is 6.07 Å². The molecule has 0 fully saturated rings. The van der Waals surface area contributed by atoms with Gasteiger partial charge in [-0.05, 0) is 30.7 Å². The van der Waals surface area contributed by atoms with Crippen LogP contribution in [0.15, 0.2) is 48.5 Å². The molecule has 0 saturated carbocycles. The number of hydrogen-bond acceptors (Lipinski definition) is 2. The summed E-state index contributed by atoms with van der Waals surface area (Å²) in [5.41, 5.74) is 1.62. The van der Waals surface area contributed by atoms with E-state index in [1.54, 1.807) is 30.3 Å². The standard InChI is InChI=1S/C15H16FNO/c1-11(12-6-4-7-14(18)9-12)17-10-13-5-2-3-8-15(13)16/h2-9,11,17-18H,10H2,1H3. The molecule has 0 radical (unpaired) electrons. The number of halogens is 1. The largest absolute Gasteiger partial charge is 0.508 e. The van der Waals surface area contributed by atoms with Crippen molar-refractivity contribution in [1.29, 1.82) is 0 Å². The van der Waals surface area contributed by atoms with Crippen LogP contribution < -0.4 is 5.32 Å². The molecule has 2 aromatic carbocycles. The Balaban J connectivity index is 2.00. The van der Waals surface area contributed by atoms with Gasteiger partial charge in [0.25, 0.3) is 0 Å². The first-order valence-corrected chi connectivity index (χ1v) is 5.92. The third kappa shape index (κ3) is 3.08. The van der Waals surface area contributed by atoms with Gasteiger partial charge in [-0.15, -0.1) is 0 Å². The molecule has 0 aliphatic rings. The fourth-order valence-corrected chi connectivity index (χ4v) is 1.82. The van der Waals surface area contributed by atoms with Crippen LogP contribution >= 0.6 is 0 Å². The Hall–Kier alpha value is -1.87. The highest BCUT2D eigenvalue weighted by atomic mass is 19.1. The summed E-state index contributed by atoms with van der Waals surface area (Å²) in [6.45, 7) is 2.44. The van der Waals surface area contributed by atoms with Gasteiger partial charge in [-0.25, -0.2) is 4.39 Å². The number of aromatic hydroxyl groups is 1. The van der Waals surface area contributed by atoms with Gasteiger partial charge in [-0.3, -0.25) is 0 Å². The fraction of sp³-hybridized carbons (Fsp3) is 0.200. The first kappa shape index (κ1) is 12.6. The van der Waals surface area contributed by atoms with E-state index in [2.05, 4.69) is 5.32 Å². The minimum absolute atomic E-state index is 0.0525. The fourth-order valence-electron chi connectivity index (χ4n) is 1.82. The molecule has 3 heteroatoms. The van der Waals surface area contributed by atoms with Gasteiger partial charge in [0.05, 0.1) is 0 Å². The topological polar surface area (TPSA) is 32.3 Å². The van der Waals surface area contributed by atoms with Crippen molar-refractivity contribution in [1.82, 2.24) is 5.32 Å². The third-order valence-electron chi connectivity index (χ3n) is 2.93. The van der Waals surface area contributed by atoms with E-state index in [1.807, 2.05) is 19.1 Å². The van der Waals surface area contributed by atoms with Crippen molar-refractivity contribution in [2.45, 2.75) is 19.5 Å². The second-order valence-electron chi connectivity index (χ2n) is 4.29. The number of nitrogens with one attached hydrogen (secondary N) is 1. The molecule has 1 unspecified atom stereocenters. The molecule has 94 valence electrons. The summed E-state index contributed by atoms with van der Waals surface area (Å²) >= 11 is 0. The minimum atomic E-state index is -0.201. The minimum Gasteiger partial charge on any atom is -0.508 e. The van der Waals surface area contributed by atoms with Gasteiger partial charge < -0.3 is 10.4 Å². The normalized spacial score (nSPS) is 12.3. The van der Waals surface area contributed by atoms with Gasteiger partial charge in [0.15, 0.2) is 0 Å². The van der Waals surface area contributed by atoms with Crippen molar-refractivity contribution < 1.29 is 9.50 Å². The highest BCUT2D eigenvalue weighted by Gasteiger charge is 2.07. The van der Waals surface area contributed by atoms with E-state index in [-0.39, 0.29) is 17.6 Å². The Kier molecular flexibility index (Phi) is 3.95. The zero-order chi connectivity index (χ0) is 13.0. The molecule has 0 aliphatic heterocycles. The Morgan fingerprint density at radius 2 is 1.94 bits per heavy atom. The van der Waals surface area contributed by atoms with Crippen LogP contribution in [0.4, 0.5) is 4.39 Å². The van der Waals surface area contributed by atoms with Gasteiger partial charge in [0.2, 0.25) is 0 Å². The van der Waals surface area contributed by atoms with Gasteiger partial charge in [0.1, 0.15) is 11.6 Å². The maximum absolute atomic E-state index is 13.4. The van der Waals surface area contributed by atoms with Crippen molar-refractivity contribution in [3.63, 3.8) is 0 Å². The summed E-state index contributed by atoms with van der Waals surface area (Å²) in [5, 5.41) is 12.6.